The number of carbonyl (C=O) groups is 2. The third-order valence-electron chi connectivity index (χ3n) is 3.64. The minimum Gasteiger partial charge on any atom is -0.492 e. The number of aromatic nitrogens is 1. The Morgan fingerprint density at radius 3 is 2.43 bits per heavy atom. The van der Waals surface area contributed by atoms with Crippen molar-refractivity contribution in [2.24, 2.45) is 0 Å². The van der Waals surface area contributed by atoms with E-state index in [9.17, 15) is 18.0 Å². The third-order valence-corrected chi connectivity index (χ3v) is 5.47. The largest absolute Gasteiger partial charge is 0.492 e. The first-order chi connectivity index (χ1) is 13.2. The van der Waals surface area contributed by atoms with Gasteiger partial charge in [-0.25, -0.2) is 22.5 Å². The van der Waals surface area contributed by atoms with Crippen LogP contribution in [0.1, 0.15) is 27.9 Å². The number of carbonyl (C=O) groups excluding carboxylic acids is 2. The Labute approximate surface area is 163 Å². The second kappa shape index (κ2) is 8.81. The molecule has 2 rings (SSSR count). The number of sulfonamides is 1. The van der Waals surface area contributed by atoms with E-state index >= 15 is 0 Å². The van der Waals surface area contributed by atoms with Crippen LogP contribution in [-0.4, -0.2) is 57.4 Å². The minimum absolute atomic E-state index is 0.0160. The summed E-state index contributed by atoms with van der Waals surface area (Å²) in [6, 6.07) is 8.63. The average Bonchev–Trinajstić information content (AvgIpc) is 2.68. The number of benzene rings is 1. The maximum Gasteiger partial charge on any atom is 0.356 e. The van der Waals surface area contributed by atoms with Gasteiger partial charge in [0.15, 0.2) is 0 Å². The summed E-state index contributed by atoms with van der Waals surface area (Å²) in [6.07, 6.45) is 0. The molecule has 1 N–H and O–H groups in total. The van der Waals surface area contributed by atoms with Crippen LogP contribution in [-0.2, 0) is 14.8 Å². The highest BCUT2D eigenvalue weighted by Crippen LogP contribution is 2.29. The number of methoxy groups -OCH3 is 1. The van der Waals surface area contributed by atoms with Crippen LogP contribution in [0, 0.1) is 0 Å². The molecule has 1 amide bonds. The van der Waals surface area contributed by atoms with Crippen LogP contribution < -0.4 is 10.1 Å². The van der Waals surface area contributed by atoms with Gasteiger partial charge in [0.1, 0.15) is 22.0 Å². The first-order valence-electron chi connectivity index (χ1n) is 8.26. The van der Waals surface area contributed by atoms with Crippen molar-refractivity contribution in [3.8, 4) is 5.75 Å². The summed E-state index contributed by atoms with van der Waals surface area (Å²) < 4.78 is 36.1. The van der Waals surface area contributed by atoms with Gasteiger partial charge in [-0.05, 0) is 37.3 Å². The van der Waals surface area contributed by atoms with Crippen molar-refractivity contribution in [1.29, 1.82) is 0 Å². The van der Waals surface area contributed by atoms with Crippen molar-refractivity contribution >= 4 is 27.6 Å². The highest BCUT2D eigenvalue weighted by Gasteiger charge is 2.23. The van der Waals surface area contributed by atoms with Gasteiger partial charge in [-0.3, -0.25) is 4.79 Å². The Morgan fingerprint density at radius 2 is 1.82 bits per heavy atom. The number of amides is 1. The van der Waals surface area contributed by atoms with Crippen molar-refractivity contribution in [2.75, 3.05) is 33.1 Å². The number of hydrogen-bond donors (Lipinski definition) is 1. The molecule has 0 saturated heterocycles. The number of nitrogens with one attached hydrogen (secondary N) is 1. The molecule has 0 aliphatic carbocycles. The standard InChI is InChI=1S/C18H21N3O6S/c1-5-27-15-10-9-12(11-16(15)28(24,25)21(2)3)19-17(22)13-7-6-8-14(20-13)18(23)26-4/h6-11H,5H2,1-4H3,(H,19,22). The maximum absolute atomic E-state index is 12.6. The van der Waals surface area contributed by atoms with E-state index in [0.717, 1.165) is 4.31 Å². The number of rotatable bonds is 7. The second-order valence-corrected chi connectivity index (χ2v) is 7.86. The summed E-state index contributed by atoms with van der Waals surface area (Å²) in [5, 5.41) is 2.57. The summed E-state index contributed by atoms with van der Waals surface area (Å²) in [5.74, 6) is -1.10. The van der Waals surface area contributed by atoms with Gasteiger partial charge in [0.2, 0.25) is 10.0 Å². The molecule has 0 fully saturated rings. The second-order valence-electron chi connectivity index (χ2n) is 5.74. The highest BCUT2D eigenvalue weighted by atomic mass is 32.2. The van der Waals surface area contributed by atoms with Crippen LogP contribution in [0.15, 0.2) is 41.3 Å². The zero-order chi connectivity index (χ0) is 20.9. The van der Waals surface area contributed by atoms with Crippen molar-refractivity contribution in [3.05, 3.63) is 47.8 Å². The van der Waals surface area contributed by atoms with Gasteiger partial charge in [-0.15, -0.1) is 0 Å². The minimum atomic E-state index is -3.79. The lowest BCUT2D eigenvalue weighted by Gasteiger charge is -2.16. The molecule has 28 heavy (non-hydrogen) atoms. The van der Waals surface area contributed by atoms with Crippen molar-refractivity contribution in [3.63, 3.8) is 0 Å². The lowest BCUT2D eigenvalue weighted by atomic mass is 10.2. The predicted molar refractivity (Wildman–Crippen MR) is 102 cm³/mol. The number of pyridine rings is 1. The molecule has 0 bridgehead atoms. The van der Waals surface area contributed by atoms with Crippen molar-refractivity contribution in [2.45, 2.75) is 11.8 Å². The van der Waals surface area contributed by atoms with Gasteiger partial charge < -0.3 is 14.8 Å². The van der Waals surface area contributed by atoms with Crippen LogP contribution >= 0.6 is 0 Å². The number of anilines is 1. The fourth-order valence-corrected chi connectivity index (χ4v) is 3.28. The Hall–Kier alpha value is -2.98. The van der Waals surface area contributed by atoms with Gasteiger partial charge in [-0.2, -0.15) is 0 Å². The predicted octanol–water partition coefficient (Wildman–Crippen LogP) is 1.77. The summed E-state index contributed by atoms with van der Waals surface area (Å²) in [5.41, 5.74) is 0.200. The van der Waals surface area contributed by atoms with Crippen LogP contribution in [0.2, 0.25) is 0 Å². The number of esters is 1. The molecule has 0 aliphatic heterocycles. The number of nitrogens with zero attached hydrogens (tertiary/aromatic N) is 2. The van der Waals surface area contributed by atoms with Crippen LogP contribution in [0.25, 0.3) is 0 Å². The molecule has 0 unspecified atom stereocenters. The Morgan fingerprint density at radius 1 is 1.14 bits per heavy atom. The normalized spacial score (nSPS) is 11.2. The quantitative estimate of drug-likeness (QED) is 0.696. The summed E-state index contributed by atoms with van der Waals surface area (Å²) in [4.78, 5) is 27.9. The number of ether oxygens (including phenoxy) is 2. The SMILES string of the molecule is CCOc1ccc(NC(=O)c2cccc(C(=O)OC)n2)cc1S(=O)(=O)N(C)C. The molecule has 0 saturated carbocycles. The van der Waals surface area contributed by atoms with E-state index in [2.05, 4.69) is 15.0 Å². The Bertz CT molecular complexity index is 989. The molecule has 1 aromatic heterocycles. The van der Waals surface area contributed by atoms with E-state index in [1.54, 1.807) is 6.92 Å². The van der Waals surface area contributed by atoms with Crippen molar-refractivity contribution in [1.82, 2.24) is 9.29 Å². The first-order valence-corrected chi connectivity index (χ1v) is 9.70. The summed E-state index contributed by atoms with van der Waals surface area (Å²) in [7, 11) is 0.221. The van der Waals surface area contributed by atoms with E-state index in [1.807, 2.05) is 0 Å². The maximum atomic E-state index is 12.6. The van der Waals surface area contributed by atoms with E-state index in [0.29, 0.717) is 0 Å². The molecule has 10 heteroatoms. The van der Waals surface area contributed by atoms with E-state index < -0.39 is 21.9 Å². The zero-order valence-corrected chi connectivity index (χ0v) is 16.7. The van der Waals surface area contributed by atoms with Gasteiger partial charge >= 0.3 is 5.97 Å². The molecule has 0 spiro atoms. The van der Waals surface area contributed by atoms with Crippen LogP contribution in [0.3, 0.4) is 0 Å². The fourth-order valence-electron chi connectivity index (χ4n) is 2.23. The lowest BCUT2D eigenvalue weighted by molar-refractivity contribution is 0.0594. The average molecular weight is 407 g/mol. The molecular formula is C18H21N3O6S. The molecule has 0 atom stereocenters. The Balaban J connectivity index is 2.36. The summed E-state index contributed by atoms with van der Waals surface area (Å²) in [6.45, 7) is 2.02. The molecule has 2 aromatic rings. The van der Waals surface area contributed by atoms with E-state index in [4.69, 9.17) is 4.74 Å². The van der Waals surface area contributed by atoms with Crippen LogP contribution in [0.5, 0.6) is 5.75 Å². The monoisotopic (exact) mass is 407 g/mol. The van der Waals surface area contributed by atoms with Gasteiger partial charge in [-0.1, -0.05) is 6.07 Å². The lowest BCUT2D eigenvalue weighted by Crippen LogP contribution is -2.23. The third kappa shape index (κ3) is 4.65. The van der Waals surface area contributed by atoms with Gasteiger partial charge in [0, 0.05) is 19.8 Å². The fraction of sp³-hybridized carbons (Fsp3) is 0.278. The van der Waals surface area contributed by atoms with E-state index in [-0.39, 0.29) is 34.3 Å². The number of hydrogen-bond acceptors (Lipinski definition) is 7. The Kier molecular flexibility index (Phi) is 6.71. The smallest absolute Gasteiger partial charge is 0.356 e. The van der Waals surface area contributed by atoms with Gasteiger partial charge in [0.05, 0.1) is 13.7 Å². The zero-order valence-electron chi connectivity index (χ0n) is 15.9. The van der Waals surface area contributed by atoms with Gasteiger partial charge in [0.25, 0.3) is 5.91 Å². The van der Waals surface area contributed by atoms with E-state index in [1.165, 1.54) is 57.6 Å². The molecule has 1 aromatic carbocycles. The highest BCUT2D eigenvalue weighted by molar-refractivity contribution is 7.89. The topological polar surface area (TPSA) is 115 Å². The molecule has 0 aliphatic rings. The van der Waals surface area contributed by atoms with Crippen LogP contribution in [0.4, 0.5) is 5.69 Å². The molecule has 150 valence electrons. The molecular weight excluding hydrogens is 386 g/mol. The molecule has 0 radical (unpaired) electrons. The first kappa shape index (κ1) is 21.3. The van der Waals surface area contributed by atoms with Crippen molar-refractivity contribution < 1.29 is 27.5 Å². The summed E-state index contributed by atoms with van der Waals surface area (Å²) >= 11 is 0. The molecule has 1 heterocycles. The molecule has 9 nitrogen and oxygen atoms in total.